The highest BCUT2D eigenvalue weighted by molar-refractivity contribution is 7.85. The molecule has 0 amide bonds. The smallest absolute Gasteiger partial charge is 0.162 e. The lowest BCUT2D eigenvalue weighted by molar-refractivity contribution is 0.0982. The van der Waals surface area contributed by atoms with Crippen molar-refractivity contribution in [2.24, 2.45) is 0 Å². The molecule has 0 radical (unpaired) electrons. The maximum absolute atomic E-state index is 12.1. The molecule has 2 aromatic rings. The van der Waals surface area contributed by atoms with Crippen molar-refractivity contribution in [1.29, 1.82) is 0 Å². The van der Waals surface area contributed by atoms with Crippen LogP contribution in [0.4, 0.5) is 0 Å². The number of rotatable bonds is 6. The summed E-state index contributed by atoms with van der Waals surface area (Å²) in [6, 6.07) is 14.1. The molecule has 2 nitrogen and oxygen atoms in total. The van der Waals surface area contributed by atoms with Crippen molar-refractivity contribution in [3.8, 4) is 0 Å². The predicted octanol–water partition coefficient (Wildman–Crippen LogP) is 4.76. The topological polar surface area (TPSA) is 34.1 Å². The van der Waals surface area contributed by atoms with Crippen molar-refractivity contribution in [3.05, 3.63) is 64.1 Å². The Bertz CT molecular complexity index is 657. The first-order chi connectivity index (χ1) is 10.1. The Morgan fingerprint density at radius 2 is 1.71 bits per heavy atom. The second-order valence-electron chi connectivity index (χ2n) is 4.52. The van der Waals surface area contributed by atoms with E-state index in [2.05, 4.69) is 0 Å². The van der Waals surface area contributed by atoms with Gasteiger partial charge in [-0.25, -0.2) is 0 Å². The van der Waals surface area contributed by atoms with Crippen LogP contribution >= 0.6 is 23.2 Å². The zero-order valence-electron chi connectivity index (χ0n) is 11.2. The third-order valence-corrected chi connectivity index (χ3v) is 5.16. The van der Waals surface area contributed by atoms with Crippen LogP contribution in [0.1, 0.15) is 23.2 Å². The fourth-order valence-electron chi connectivity index (χ4n) is 1.87. The maximum Gasteiger partial charge on any atom is 0.162 e. The average Bonchev–Trinajstić information content (AvgIpc) is 2.50. The molecule has 0 aliphatic carbocycles. The molecule has 21 heavy (non-hydrogen) atoms. The van der Waals surface area contributed by atoms with Gasteiger partial charge in [-0.1, -0.05) is 53.5 Å². The van der Waals surface area contributed by atoms with Crippen LogP contribution in [0.3, 0.4) is 0 Å². The number of carbonyl (C=O) groups excluding carboxylic acids is 1. The molecular formula is C16H14Cl2O2S. The fourth-order valence-corrected chi connectivity index (χ4v) is 3.34. The second-order valence-corrected chi connectivity index (χ2v) is 6.90. The first kappa shape index (κ1) is 16.2. The van der Waals surface area contributed by atoms with Crippen LogP contribution in [0.25, 0.3) is 0 Å². The number of halogens is 2. The Kier molecular flexibility index (Phi) is 5.97. The Morgan fingerprint density at radius 3 is 2.38 bits per heavy atom. The molecule has 1 unspecified atom stereocenters. The summed E-state index contributed by atoms with van der Waals surface area (Å²) in [5, 5.41) is 0.833. The molecule has 0 saturated carbocycles. The summed E-state index contributed by atoms with van der Waals surface area (Å²) in [5.74, 6) is 0.498. The lowest BCUT2D eigenvalue weighted by atomic mass is 10.1. The minimum Gasteiger partial charge on any atom is -0.294 e. The molecule has 0 spiro atoms. The van der Waals surface area contributed by atoms with Gasteiger partial charge in [0.2, 0.25) is 0 Å². The third-order valence-electron chi connectivity index (χ3n) is 2.98. The van der Waals surface area contributed by atoms with Gasteiger partial charge in [-0.3, -0.25) is 9.00 Å². The van der Waals surface area contributed by atoms with Gasteiger partial charge >= 0.3 is 0 Å². The van der Waals surface area contributed by atoms with Gasteiger partial charge in [0.1, 0.15) is 0 Å². The first-order valence-corrected chi connectivity index (χ1v) is 8.57. The summed E-state index contributed by atoms with van der Waals surface area (Å²) in [6.45, 7) is 0. The van der Waals surface area contributed by atoms with E-state index in [0.29, 0.717) is 39.1 Å². The molecule has 2 rings (SSSR count). The zero-order valence-corrected chi connectivity index (χ0v) is 13.5. The molecule has 1 atom stereocenters. The van der Waals surface area contributed by atoms with E-state index in [4.69, 9.17) is 23.2 Å². The van der Waals surface area contributed by atoms with E-state index in [1.54, 1.807) is 30.3 Å². The average molecular weight is 341 g/mol. The predicted molar refractivity (Wildman–Crippen MR) is 87.7 cm³/mol. The van der Waals surface area contributed by atoms with E-state index in [-0.39, 0.29) is 5.78 Å². The highest BCUT2D eigenvalue weighted by Gasteiger charge is 2.09. The molecule has 0 bridgehead atoms. The first-order valence-electron chi connectivity index (χ1n) is 6.49. The number of benzene rings is 2. The van der Waals surface area contributed by atoms with E-state index in [9.17, 15) is 9.00 Å². The molecule has 0 N–H and O–H groups in total. The maximum atomic E-state index is 12.1. The third kappa shape index (κ3) is 4.67. The highest BCUT2D eigenvalue weighted by Crippen LogP contribution is 2.24. The van der Waals surface area contributed by atoms with Crippen LogP contribution < -0.4 is 0 Å². The SMILES string of the molecule is O=C(CCCS(=O)c1ccc(Cl)c(Cl)c1)c1ccccc1. The van der Waals surface area contributed by atoms with Crippen LogP contribution in [-0.4, -0.2) is 15.7 Å². The monoisotopic (exact) mass is 340 g/mol. The number of hydrogen-bond acceptors (Lipinski definition) is 2. The van der Waals surface area contributed by atoms with Crippen LogP contribution in [0.15, 0.2) is 53.4 Å². The molecule has 2 aromatic carbocycles. The largest absolute Gasteiger partial charge is 0.294 e. The Morgan fingerprint density at radius 1 is 1.00 bits per heavy atom. The highest BCUT2D eigenvalue weighted by atomic mass is 35.5. The summed E-state index contributed by atoms with van der Waals surface area (Å²) >= 11 is 11.7. The van der Waals surface area contributed by atoms with E-state index < -0.39 is 10.8 Å². The van der Waals surface area contributed by atoms with Crippen molar-refractivity contribution in [2.75, 3.05) is 5.75 Å². The lowest BCUT2D eigenvalue weighted by Crippen LogP contribution is -2.03. The lowest BCUT2D eigenvalue weighted by Gasteiger charge is -2.04. The Labute approximate surface area is 136 Å². The molecule has 5 heteroatoms. The minimum absolute atomic E-state index is 0.0711. The minimum atomic E-state index is -1.17. The summed E-state index contributed by atoms with van der Waals surface area (Å²) in [7, 11) is -1.17. The number of hydrogen-bond donors (Lipinski definition) is 0. The zero-order chi connectivity index (χ0) is 15.2. The van der Waals surface area contributed by atoms with Gasteiger partial charge in [-0.15, -0.1) is 0 Å². The van der Waals surface area contributed by atoms with Crippen molar-refractivity contribution in [2.45, 2.75) is 17.7 Å². The molecule has 0 aromatic heterocycles. The van der Waals surface area contributed by atoms with E-state index >= 15 is 0 Å². The molecule has 0 fully saturated rings. The van der Waals surface area contributed by atoms with E-state index in [0.717, 1.165) is 0 Å². The molecule has 0 aliphatic heterocycles. The number of carbonyl (C=O) groups is 1. The van der Waals surface area contributed by atoms with Gasteiger partial charge in [0.15, 0.2) is 5.78 Å². The van der Waals surface area contributed by atoms with Crippen molar-refractivity contribution < 1.29 is 9.00 Å². The van der Waals surface area contributed by atoms with Gasteiger partial charge in [-0.2, -0.15) is 0 Å². The van der Waals surface area contributed by atoms with E-state index in [1.165, 1.54) is 0 Å². The van der Waals surface area contributed by atoms with Crippen molar-refractivity contribution in [1.82, 2.24) is 0 Å². The summed E-state index contributed by atoms with van der Waals surface area (Å²) in [6.07, 6.45) is 0.956. The quantitative estimate of drug-likeness (QED) is 0.710. The van der Waals surface area contributed by atoms with Crippen LogP contribution in [-0.2, 0) is 10.8 Å². The van der Waals surface area contributed by atoms with Gasteiger partial charge < -0.3 is 0 Å². The van der Waals surface area contributed by atoms with Gasteiger partial charge in [0, 0.05) is 22.6 Å². The number of Topliss-reactive ketones (excluding diaryl/α,β-unsaturated/α-hetero) is 1. The van der Waals surface area contributed by atoms with Gasteiger partial charge in [0.25, 0.3) is 0 Å². The second kappa shape index (κ2) is 7.74. The van der Waals surface area contributed by atoms with Crippen LogP contribution in [0.2, 0.25) is 10.0 Å². The van der Waals surface area contributed by atoms with Crippen molar-refractivity contribution >= 4 is 39.8 Å². The molecule has 0 heterocycles. The number of ketones is 1. The van der Waals surface area contributed by atoms with Gasteiger partial charge in [0.05, 0.1) is 20.8 Å². The van der Waals surface area contributed by atoms with E-state index in [1.807, 2.05) is 18.2 Å². The molecular weight excluding hydrogens is 327 g/mol. The molecule has 0 saturated heterocycles. The Balaban J connectivity index is 1.87. The fraction of sp³-hybridized carbons (Fsp3) is 0.188. The van der Waals surface area contributed by atoms with Gasteiger partial charge in [-0.05, 0) is 24.6 Å². The summed E-state index contributed by atoms with van der Waals surface area (Å²) in [5.41, 5.74) is 0.692. The normalized spacial score (nSPS) is 12.1. The summed E-state index contributed by atoms with van der Waals surface area (Å²) < 4.78 is 12.1. The molecule has 0 aliphatic rings. The summed E-state index contributed by atoms with van der Waals surface area (Å²) in [4.78, 5) is 12.6. The van der Waals surface area contributed by atoms with Crippen molar-refractivity contribution in [3.63, 3.8) is 0 Å². The van der Waals surface area contributed by atoms with Crippen LogP contribution in [0.5, 0.6) is 0 Å². The van der Waals surface area contributed by atoms with Crippen LogP contribution in [0, 0.1) is 0 Å². The molecule has 110 valence electrons. The standard InChI is InChI=1S/C16H14Cl2O2S/c17-14-9-8-13(11-15(14)18)21(20)10-4-7-16(19)12-5-2-1-3-6-12/h1-3,5-6,8-9,11H,4,7,10H2. The Hall–Kier alpha value is -1.16.